The molecule has 118 valence electrons. The maximum absolute atomic E-state index is 11.7. The van der Waals surface area contributed by atoms with Crippen LogP contribution in [0.25, 0.3) is 0 Å². The number of piperazine rings is 1. The molecule has 0 radical (unpaired) electrons. The summed E-state index contributed by atoms with van der Waals surface area (Å²) in [6.07, 6.45) is 1.88. The van der Waals surface area contributed by atoms with E-state index in [2.05, 4.69) is 28.0 Å². The van der Waals surface area contributed by atoms with Crippen molar-refractivity contribution in [1.82, 2.24) is 9.80 Å². The normalized spacial score (nSPS) is 25.8. The highest BCUT2D eigenvalue weighted by molar-refractivity contribution is 5.77. The van der Waals surface area contributed by atoms with Gasteiger partial charge in [-0.25, -0.2) is 0 Å². The van der Waals surface area contributed by atoms with Gasteiger partial charge in [0.15, 0.2) is 0 Å². The second-order valence-corrected chi connectivity index (χ2v) is 6.32. The topological polar surface area (TPSA) is 42.0 Å². The number of fused-ring (bicyclic) bond motifs is 1. The van der Waals surface area contributed by atoms with Crippen LogP contribution in [-0.2, 0) is 22.5 Å². The minimum Gasteiger partial charge on any atom is -0.493 e. The molecule has 2 saturated heterocycles. The van der Waals surface area contributed by atoms with Gasteiger partial charge in [0.1, 0.15) is 11.8 Å². The van der Waals surface area contributed by atoms with Gasteiger partial charge in [-0.2, -0.15) is 0 Å². The molecule has 5 nitrogen and oxygen atoms in total. The molecule has 22 heavy (non-hydrogen) atoms. The van der Waals surface area contributed by atoms with Crippen LogP contribution in [0.1, 0.15) is 17.5 Å². The summed E-state index contributed by atoms with van der Waals surface area (Å²) in [7, 11) is 0. The van der Waals surface area contributed by atoms with E-state index in [1.54, 1.807) is 0 Å². The van der Waals surface area contributed by atoms with Crippen molar-refractivity contribution < 1.29 is 14.3 Å². The van der Waals surface area contributed by atoms with E-state index in [1.165, 1.54) is 11.1 Å². The van der Waals surface area contributed by atoms with E-state index >= 15 is 0 Å². The summed E-state index contributed by atoms with van der Waals surface area (Å²) in [4.78, 5) is 16.4. The van der Waals surface area contributed by atoms with Crippen molar-refractivity contribution in [3.05, 3.63) is 29.3 Å². The Morgan fingerprint density at radius 2 is 1.95 bits per heavy atom. The number of rotatable bonds is 3. The fourth-order valence-electron chi connectivity index (χ4n) is 3.65. The smallest absolute Gasteiger partial charge is 0.323 e. The van der Waals surface area contributed by atoms with Crippen molar-refractivity contribution in [2.24, 2.45) is 0 Å². The summed E-state index contributed by atoms with van der Waals surface area (Å²) >= 11 is 0. The van der Waals surface area contributed by atoms with Crippen molar-refractivity contribution in [1.29, 1.82) is 0 Å². The minimum atomic E-state index is -0.0351. The van der Waals surface area contributed by atoms with Crippen LogP contribution in [0.5, 0.6) is 5.75 Å². The lowest BCUT2D eigenvalue weighted by atomic mass is 10.1. The molecule has 0 aliphatic carbocycles. The van der Waals surface area contributed by atoms with Gasteiger partial charge in [0.25, 0.3) is 0 Å². The first kappa shape index (κ1) is 14.0. The number of cyclic esters (lactones) is 1. The molecule has 0 amide bonds. The average molecular weight is 302 g/mol. The second kappa shape index (κ2) is 5.89. The standard InChI is InChI=1S/C17H22N2O3/c20-17-15(4-10-22-17)19-7-5-18(6-8-19)12-13-1-2-16-14(11-13)3-9-21-16/h1-2,11,15H,3-10,12H2/t15-/m0/s1. The van der Waals surface area contributed by atoms with Crippen LogP contribution in [0.4, 0.5) is 0 Å². The fourth-order valence-corrected chi connectivity index (χ4v) is 3.65. The predicted molar refractivity (Wildman–Crippen MR) is 81.9 cm³/mol. The van der Waals surface area contributed by atoms with Crippen LogP contribution < -0.4 is 4.74 Å². The number of carbonyl (C=O) groups excluding carboxylic acids is 1. The Labute approximate surface area is 130 Å². The van der Waals surface area contributed by atoms with Crippen molar-refractivity contribution in [2.75, 3.05) is 39.4 Å². The highest BCUT2D eigenvalue weighted by atomic mass is 16.5. The van der Waals surface area contributed by atoms with Gasteiger partial charge in [0, 0.05) is 45.6 Å². The van der Waals surface area contributed by atoms with Gasteiger partial charge < -0.3 is 9.47 Å². The van der Waals surface area contributed by atoms with E-state index in [0.717, 1.165) is 57.9 Å². The van der Waals surface area contributed by atoms with E-state index < -0.39 is 0 Å². The van der Waals surface area contributed by atoms with Crippen LogP contribution >= 0.6 is 0 Å². The lowest BCUT2D eigenvalue weighted by Crippen LogP contribution is -2.51. The molecule has 3 aliphatic heterocycles. The van der Waals surface area contributed by atoms with E-state index in [1.807, 2.05) is 0 Å². The number of hydrogen-bond donors (Lipinski definition) is 0. The van der Waals surface area contributed by atoms with Crippen LogP contribution in [0.15, 0.2) is 18.2 Å². The summed E-state index contributed by atoms with van der Waals surface area (Å²) in [5.41, 5.74) is 2.70. The molecular weight excluding hydrogens is 280 g/mol. The SMILES string of the molecule is O=C1OCC[C@@H]1N1CCN(Cc2ccc3c(c2)CCO3)CC1. The Hall–Kier alpha value is -1.59. The first-order valence-corrected chi connectivity index (χ1v) is 8.17. The molecule has 1 aromatic carbocycles. The number of ether oxygens (including phenoxy) is 2. The highest BCUT2D eigenvalue weighted by Gasteiger charge is 2.33. The molecule has 1 aromatic rings. The predicted octanol–water partition coefficient (Wildman–Crippen LogP) is 1.05. The molecule has 3 aliphatic rings. The number of benzene rings is 1. The molecule has 5 heteroatoms. The zero-order valence-electron chi connectivity index (χ0n) is 12.8. The summed E-state index contributed by atoms with van der Waals surface area (Å²) in [5.74, 6) is 1.01. The number of hydrogen-bond acceptors (Lipinski definition) is 5. The largest absolute Gasteiger partial charge is 0.493 e. The van der Waals surface area contributed by atoms with Crippen LogP contribution in [-0.4, -0.2) is 61.2 Å². The molecule has 0 bridgehead atoms. The van der Waals surface area contributed by atoms with Gasteiger partial charge in [-0.1, -0.05) is 12.1 Å². The van der Waals surface area contributed by atoms with Crippen LogP contribution in [0, 0.1) is 0 Å². The summed E-state index contributed by atoms with van der Waals surface area (Å²) < 4.78 is 10.6. The second-order valence-electron chi connectivity index (χ2n) is 6.32. The Bertz CT molecular complexity index is 567. The zero-order chi connectivity index (χ0) is 14.9. The maximum Gasteiger partial charge on any atom is 0.323 e. The minimum absolute atomic E-state index is 0.000654. The molecule has 0 saturated carbocycles. The molecule has 0 N–H and O–H groups in total. The lowest BCUT2D eigenvalue weighted by molar-refractivity contribution is -0.142. The summed E-state index contributed by atoms with van der Waals surface area (Å²) in [6.45, 7) is 6.31. The van der Waals surface area contributed by atoms with Gasteiger partial charge in [0.05, 0.1) is 13.2 Å². The molecular formula is C17H22N2O3. The summed E-state index contributed by atoms with van der Waals surface area (Å²) in [5, 5.41) is 0. The Kier molecular flexibility index (Phi) is 3.76. The van der Waals surface area contributed by atoms with E-state index in [-0.39, 0.29) is 12.0 Å². The molecule has 2 fully saturated rings. The van der Waals surface area contributed by atoms with Crippen molar-refractivity contribution in [3.63, 3.8) is 0 Å². The van der Waals surface area contributed by atoms with Gasteiger partial charge in [-0.15, -0.1) is 0 Å². The van der Waals surface area contributed by atoms with Gasteiger partial charge in [0.2, 0.25) is 0 Å². The quantitative estimate of drug-likeness (QED) is 0.781. The monoisotopic (exact) mass is 302 g/mol. The van der Waals surface area contributed by atoms with Crippen molar-refractivity contribution in [3.8, 4) is 5.75 Å². The molecule has 4 rings (SSSR count). The van der Waals surface area contributed by atoms with Gasteiger partial charge >= 0.3 is 5.97 Å². The number of nitrogens with zero attached hydrogens (tertiary/aromatic N) is 2. The first-order chi connectivity index (χ1) is 10.8. The third-order valence-electron chi connectivity index (χ3n) is 4.92. The number of carbonyl (C=O) groups is 1. The van der Waals surface area contributed by atoms with E-state index in [9.17, 15) is 4.79 Å². The van der Waals surface area contributed by atoms with Gasteiger partial charge in [-0.3, -0.25) is 14.6 Å². The Morgan fingerprint density at radius 1 is 1.09 bits per heavy atom. The van der Waals surface area contributed by atoms with Crippen molar-refractivity contribution in [2.45, 2.75) is 25.4 Å². The van der Waals surface area contributed by atoms with E-state index in [4.69, 9.17) is 9.47 Å². The van der Waals surface area contributed by atoms with Crippen LogP contribution in [0.3, 0.4) is 0 Å². The van der Waals surface area contributed by atoms with Crippen molar-refractivity contribution >= 4 is 5.97 Å². The Morgan fingerprint density at radius 3 is 2.73 bits per heavy atom. The molecule has 0 unspecified atom stereocenters. The summed E-state index contributed by atoms with van der Waals surface area (Å²) in [6, 6.07) is 6.55. The molecule has 0 aromatic heterocycles. The van der Waals surface area contributed by atoms with Gasteiger partial charge in [-0.05, 0) is 17.2 Å². The molecule has 3 heterocycles. The maximum atomic E-state index is 11.7. The third kappa shape index (κ3) is 2.71. The number of esters is 1. The highest BCUT2D eigenvalue weighted by Crippen LogP contribution is 2.26. The first-order valence-electron chi connectivity index (χ1n) is 8.17. The molecule has 0 spiro atoms. The van der Waals surface area contributed by atoms with Crippen LogP contribution in [0.2, 0.25) is 0 Å². The van der Waals surface area contributed by atoms with E-state index in [0.29, 0.717) is 6.61 Å². The molecule has 1 atom stereocenters. The lowest BCUT2D eigenvalue weighted by Gasteiger charge is -2.36. The third-order valence-corrected chi connectivity index (χ3v) is 4.92. The zero-order valence-corrected chi connectivity index (χ0v) is 12.8. The Balaban J connectivity index is 1.33. The fraction of sp³-hybridized carbons (Fsp3) is 0.588. The average Bonchev–Trinajstić information content (AvgIpc) is 3.16.